The molecule has 2 rings (SSSR count). The van der Waals surface area contributed by atoms with E-state index in [-0.39, 0.29) is 5.97 Å². The second-order valence-electron chi connectivity index (χ2n) is 4.97. The van der Waals surface area contributed by atoms with Crippen LogP contribution in [0.3, 0.4) is 0 Å². The Bertz CT molecular complexity index is 435. The number of methoxy groups -OCH3 is 1. The van der Waals surface area contributed by atoms with E-state index >= 15 is 0 Å². The lowest BCUT2D eigenvalue weighted by atomic mass is 10.2. The Labute approximate surface area is 118 Å². The molecule has 0 bridgehead atoms. The van der Waals surface area contributed by atoms with E-state index in [2.05, 4.69) is 33.5 Å². The second-order valence-corrected chi connectivity index (χ2v) is 5.81. The highest BCUT2D eigenvalue weighted by molar-refractivity contribution is 7.13. The van der Waals surface area contributed by atoms with Crippen LogP contribution < -0.4 is 4.90 Å². The van der Waals surface area contributed by atoms with Crippen LogP contribution in [-0.4, -0.2) is 55.7 Å². The number of nitrogens with zero attached hydrogens (tertiary/aromatic N) is 3. The number of anilines is 1. The van der Waals surface area contributed by atoms with Crippen LogP contribution in [0.25, 0.3) is 0 Å². The van der Waals surface area contributed by atoms with Crippen molar-refractivity contribution in [3.63, 3.8) is 0 Å². The quantitative estimate of drug-likeness (QED) is 0.781. The third-order valence-electron chi connectivity index (χ3n) is 3.58. The monoisotopic (exact) mass is 283 g/mol. The first-order valence-electron chi connectivity index (χ1n) is 6.56. The first kappa shape index (κ1) is 14.3. The van der Waals surface area contributed by atoms with Gasteiger partial charge in [0.15, 0.2) is 5.13 Å². The zero-order valence-corrected chi connectivity index (χ0v) is 12.6. The molecular weight excluding hydrogens is 262 g/mol. The van der Waals surface area contributed by atoms with E-state index in [1.807, 2.05) is 5.38 Å². The molecule has 0 aromatic carbocycles. The Morgan fingerprint density at radius 3 is 3.05 bits per heavy atom. The summed E-state index contributed by atoms with van der Waals surface area (Å²) in [6.45, 7) is 5.33. The molecule has 0 radical (unpaired) electrons. The number of piperazine rings is 1. The van der Waals surface area contributed by atoms with Crippen LogP contribution in [0, 0.1) is 0 Å². The average Bonchev–Trinajstić information content (AvgIpc) is 2.88. The standard InChI is InChI=1S/C13H21N3O2S/c1-10-8-16(7-6-15(10)2)13-14-11(9-19-13)4-5-12(17)18-3/h9-10H,4-8H2,1-3H3. The third kappa shape index (κ3) is 3.67. The van der Waals surface area contributed by atoms with Gasteiger partial charge in [-0.2, -0.15) is 0 Å². The molecule has 2 heterocycles. The van der Waals surface area contributed by atoms with Crippen molar-refractivity contribution in [2.75, 3.05) is 38.7 Å². The van der Waals surface area contributed by atoms with Gasteiger partial charge in [0, 0.05) is 37.5 Å². The van der Waals surface area contributed by atoms with Crippen molar-refractivity contribution in [2.45, 2.75) is 25.8 Å². The summed E-state index contributed by atoms with van der Waals surface area (Å²) >= 11 is 1.66. The Morgan fingerprint density at radius 2 is 2.37 bits per heavy atom. The van der Waals surface area contributed by atoms with Crippen molar-refractivity contribution in [3.8, 4) is 0 Å². The summed E-state index contributed by atoms with van der Waals surface area (Å²) in [5, 5.41) is 3.11. The van der Waals surface area contributed by atoms with Gasteiger partial charge in [0.1, 0.15) is 0 Å². The molecule has 1 fully saturated rings. The van der Waals surface area contributed by atoms with Gasteiger partial charge in [-0.3, -0.25) is 4.79 Å². The van der Waals surface area contributed by atoms with Gasteiger partial charge in [-0.25, -0.2) is 4.98 Å². The summed E-state index contributed by atoms with van der Waals surface area (Å²) in [7, 11) is 3.58. The maximum Gasteiger partial charge on any atom is 0.305 e. The maximum atomic E-state index is 11.1. The minimum Gasteiger partial charge on any atom is -0.469 e. The zero-order valence-electron chi connectivity index (χ0n) is 11.8. The SMILES string of the molecule is COC(=O)CCc1csc(N2CCN(C)C(C)C2)n1. The molecule has 5 nitrogen and oxygen atoms in total. The molecule has 6 heteroatoms. The minimum atomic E-state index is -0.178. The van der Waals surface area contributed by atoms with Gasteiger partial charge in [-0.05, 0) is 14.0 Å². The number of thiazole rings is 1. The number of likely N-dealkylation sites (N-methyl/N-ethyl adjacent to an activating group) is 1. The van der Waals surface area contributed by atoms with Crippen LogP contribution in [0.1, 0.15) is 19.0 Å². The number of hydrogen-bond acceptors (Lipinski definition) is 6. The van der Waals surface area contributed by atoms with Gasteiger partial charge in [-0.1, -0.05) is 0 Å². The molecule has 0 saturated carbocycles. The van der Waals surface area contributed by atoms with Gasteiger partial charge in [-0.15, -0.1) is 11.3 Å². The van der Waals surface area contributed by atoms with Crippen molar-refractivity contribution >= 4 is 22.4 Å². The first-order chi connectivity index (χ1) is 9.10. The van der Waals surface area contributed by atoms with Crippen molar-refractivity contribution < 1.29 is 9.53 Å². The van der Waals surface area contributed by atoms with Gasteiger partial charge in [0.25, 0.3) is 0 Å². The van der Waals surface area contributed by atoms with Crippen LogP contribution in [-0.2, 0) is 16.0 Å². The minimum absolute atomic E-state index is 0.178. The van der Waals surface area contributed by atoms with E-state index in [4.69, 9.17) is 0 Å². The predicted octanol–water partition coefficient (Wildman–Crippen LogP) is 1.39. The molecule has 1 unspecified atom stereocenters. The normalized spacial score (nSPS) is 20.6. The van der Waals surface area contributed by atoms with Gasteiger partial charge in [0.05, 0.1) is 19.2 Å². The molecule has 1 atom stereocenters. The van der Waals surface area contributed by atoms with Crippen molar-refractivity contribution in [3.05, 3.63) is 11.1 Å². The van der Waals surface area contributed by atoms with Crippen LogP contribution in [0.5, 0.6) is 0 Å². The summed E-state index contributed by atoms with van der Waals surface area (Å²) < 4.78 is 4.64. The topological polar surface area (TPSA) is 45.7 Å². The molecule has 0 aliphatic carbocycles. The Balaban J connectivity index is 1.91. The van der Waals surface area contributed by atoms with Gasteiger partial charge >= 0.3 is 5.97 Å². The molecule has 1 saturated heterocycles. The Kier molecular flexibility index (Phi) is 4.76. The summed E-state index contributed by atoms with van der Waals surface area (Å²) in [5.74, 6) is -0.178. The number of carbonyl (C=O) groups excluding carboxylic acids is 1. The average molecular weight is 283 g/mol. The zero-order chi connectivity index (χ0) is 13.8. The predicted molar refractivity (Wildman–Crippen MR) is 76.8 cm³/mol. The van der Waals surface area contributed by atoms with E-state index in [1.165, 1.54) is 7.11 Å². The number of esters is 1. The largest absolute Gasteiger partial charge is 0.469 e. The third-order valence-corrected chi connectivity index (χ3v) is 4.53. The summed E-state index contributed by atoms with van der Waals surface area (Å²) in [4.78, 5) is 20.4. The van der Waals surface area contributed by atoms with Gasteiger partial charge in [0.2, 0.25) is 0 Å². The van der Waals surface area contributed by atoms with E-state index in [9.17, 15) is 4.79 Å². The number of carbonyl (C=O) groups is 1. The molecular formula is C13H21N3O2S. The summed E-state index contributed by atoms with van der Waals surface area (Å²) in [6.07, 6.45) is 1.06. The van der Waals surface area contributed by atoms with Crippen LogP contribution in [0.2, 0.25) is 0 Å². The number of aryl methyl sites for hydroxylation is 1. The van der Waals surface area contributed by atoms with Crippen LogP contribution in [0.15, 0.2) is 5.38 Å². The highest BCUT2D eigenvalue weighted by Crippen LogP contribution is 2.23. The number of ether oxygens (including phenoxy) is 1. The molecule has 1 aromatic heterocycles. The first-order valence-corrected chi connectivity index (χ1v) is 7.44. The highest BCUT2D eigenvalue weighted by Gasteiger charge is 2.22. The highest BCUT2D eigenvalue weighted by atomic mass is 32.1. The Hall–Kier alpha value is -1.14. The maximum absolute atomic E-state index is 11.1. The van der Waals surface area contributed by atoms with Crippen LogP contribution >= 0.6 is 11.3 Å². The molecule has 0 N–H and O–H groups in total. The molecule has 106 valence electrons. The molecule has 19 heavy (non-hydrogen) atoms. The van der Waals surface area contributed by atoms with E-state index in [0.29, 0.717) is 18.9 Å². The van der Waals surface area contributed by atoms with Crippen molar-refractivity contribution in [1.82, 2.24) is 9.88 Å². The molecule has 1 aliphatic heterocycles. The number of rotatable bonds is 4. The number of hydrogen-bond donors (Lipinski definition) is 0. The van der Waals surface area contributed by atoms with Gasteiger partial charge < -0.3 is 14.5 Å². The smallest absolute Gasteiger partial charge is 0.305 e. The fraction of sp³-hybridized carbons (Fsp3) is 0.692. The lowest BCUT2D eigenvalue weighted by Crippen LogP contribution is -2.50. The second kappa shape index (κ2) is 6.34. The summed E-state index contributed by atoms with van der Waals surface area (Å²) in [5.41, 5.74) is 0.983. The summed E-state index contributed by atoms with van der Waals surface area (Å²) in [6, 6.07) is 0.552. The molecule has 1 aliphatic rings. The van der Waals surface area contributed by atoms with E-state index in [1.54, 1.807) is 11.3 Å². The fourth-order valence-electron chi connectivity index (χ4n) is 2.11. The van der Waals surface area contributed by atoms with Crippen molar-refractivity contribution in [1.29, 1.82) is 0 Å². The van der Waals surface area contributed by atoms with Crippen molar-refractivity contribution in [2.24, 2.45) is 0 Å². The van der Waals surface area contributed by atoms with Crippen LogP contribution in [0.4, 0.5) is 5.13 Å². The molecule has 0 amide bonds. The molecule has 1 aromatic rings. The lowest BCUT2D eigenvalue weighted by molar-refractivity contribution is -0.140. The lowest BCUT2D eigenvalue weighted by Gasteiger charge is -2.37. The number of aromatic nitrogens is 1. The molecule has 0 spiro atoms. The fourth-order valence-corrected chi connectivity index (χ4v) is 3.01. The van der Waals surface area contributed by atoms with E-state index in [0.717, 1.165) is 30.5 Å². The Morgan fingerprint density at radius 1 is 1.58 bits per heavy atom. The van der Waals surface area contributed by atoms with E-state index < -0.39 is 0 Å².